The van der Waals surface area contributed by atoms with Gasteiger partial charge >= 0.3 is 0 Å². The van der Waals surface area contributed by atoms with Gasteiger partial charge in [0.15, 0.2) is 0 Å². The normalized spacial score (nSPS) is 15.7. The summed E-state index contributed by atoms with van der Waals surface area (Å²) in [5.41, 5.74) is 2.46. The van der Waals surface area contributed by atoms with Crippen LogP contribution in [-0.2, 0) is 4.79 Å². The van der Waals surface area contributed by atoms with E-state index >= 15 is 0 Å². The molecule has 1 aromatic heterocycles. The molecule has 4 aromatic rings. The molecule has 2 N–H and O–H groups in total. The Bertz CT molecular complexity index is 1450. The molecule has 0 saturated heterocycles. The maximum absolute atomic E-state index is 14.7. The number of rotatable bonds is 3. The first-order valence-electron chi connectivity index (χ1n) is 10.2. The maximum Gasteiger partial charge on any atom is 0.272 e. The zero-order valence-corrected chi connectivity index (χ0v) is 18.2. The van der Waals surface area contributed by atoms with Crippen molar-refractivity contribution in [1.29, 1.82) is 0 Å². The van der Waals surface area contributed by atoms with E-state index in [2.05, 4.69) is 15.3 Å². The van der Waals surface area contributed by atoms with Gasteiger partial charge in [0.05, 0.1) is 16.4 Å². The summed E-state index contributed by atoms with van der Waals surface area (Å²) >= 11 is 6.41. The topological polar surface area (TPSA) is 77.6 Å². The number of H-pyrrole nitrogens is 1. The van der Waals surface area contributed by atoms with Crippen molar-refractivity contribution in [2.75, 3.05) is 11.9 Å². The van der Waals surface area contributed by atoms with Crippen LogP contribution in [0, 0.1) is 5.82 Å². The molecule has 1 aliphatic heterocycles. The van der Waals surface area contributed by atoms with Gasteiger partial charge in [-0.1, -0.05) is 60.1 Å². The summed E-state index contributed by atoms with van der Waals surface area (Å²) in [5.74, 6) is -1.54. The van der Waals surface area contributed by atoms with Gasteiger partial charge in [0.1, 0.15) is 11.5 Å². The standard InChI is InChI=1S/C25H18ClFN4O2/c1-31-19-13-7-4-10-16(19)21(14-8-2-5-11-17(14)27)29-23(25(31)33)30-24(32)22-20(26)15-9-3-6-12-18(15)28-22/h2-13,23,28H,1H3,(H,30,32). The number of aromatic amines is 1. The number of likely N-dealkylation sites (N-methyl/N-ethyl adjacent to an activating group) is 1. The van der Waals surface area contributed by atoms with Gasteiger partial charge in [0.2, 0.25) is 6.17 Å². The molecule has 0 radical (unpaired) electrons. The lowest BCUT2D eigenvalue weighted by Crippen LogP contribution is -2.46. The van der Waals surface area contributed by atoms with E-state index in [0.717, 1.165) is 0 Å². The summed E-state index contributed by atoms with van der Waals surface area (Å²) in [6, 6.07) is 20.5. The zero-order valence-electron chi connectivity index (χ0n) is 17.5. The van der Waals surface area contributed by atoms with Crippen LogP contribution in [0.15, 0.2) is 77.8 Å². The van der Waals surface area contributed by atoms with Gasteiger partial charge in [0.25, 0.3) is 11.8 Å². The lowest BCUT2D eigenvalue weighted by atomic mass is 10.00. The summed E-state index contributed by atoms with van der Waals surface area (Å²) < 4.78 is 14.7. The van der Waals surface area contributed by atoms with Gasteiger partial charge in [-0.15, -0.1) is 0 Å². The van der Waals surface area contributed by atoms with Crippen LogP contribution in [0.5, 0.6) is 0 Å². The van der Waals surface area contributed by atoms with E-state index in [0.29, 0.717) is 22.2 Å². The van der Waals surface area contributed by atoms with Crippen molar-refractivity contribution in [3.8, 4) is 0 Å². The molecule has 0 spiro atoms. The molecule has 0 fully saturated rings. The first-order chi connectivity index (χ1) is 16.0. The predicted molar refractivity (Wildman–Crippen MR) is 126 cm³/mol. The van der Waals surface area contributed by atoms with Crippen molar-refractivity contribution in [2.45, 2.75) is 6.17 Å². The van der Waals surface area contributed by atoms with Crippen molar-refractivity contribution >= 4 is 45.7 Å². The van der Waals surface area contributed by atoms with Gasteiger partial charge in [-0.2, -0.15) is 0 Å². The molecular weight excluding hydrogens is 443 g/mol. The monoisotopic (exact) mass is 460 g/mol. The number of anilines is 1. The third kappa shape index (κ3) is 3.56. The fourth-order valence-electron chi connectivity index (χ4n) is 3.94. The third-order valence-electron chi connectivity index (χ3n) is 5.61. The number of hydrogen-bond donors (Lipinski definition) is 2. The van der Waals surface area contributed by atoms with Crippen molar-refractivity contribution in [3.63, 3.8) is 0 Å². The number of aliphatic imine (C=N–C) groups is 1. The number of carbonyl (C=O) groups is 2. The molecule has 33 heavy (non-hydrogen) atoms. The fourth-order valence-corrected chi connectivity index (χ4v) is 4.24. The highest BCUT2D eigenvalue weighted by molar-refractivity contribution is 6.38. The molecule has 0 saturated carbocycles. The van der Waals surface area contributed by atoms with Crippen LogP contribution < -0.4 is 10.2 Å². The second kappa shape index (κ2) is 8.18. The molecule has 8 heteroatoms. The van der Waals surface area contributed by atoms with Crippen LogP contribution in [0.2, 0.25) is 5.02 Å². The van der Waals surface area contributed by atoms with Gasteiger partial charge < -0.3 is 15.2 Å². The Hall–Kier alpha value is -3.97. The molecule has 6 nitrogen and oxygen atoms in total. The molecule has 164 valence electrons. The fraction of sp³-hybridized carbons (Fsp3) is 0.0800. The first-order valence-corrected chi connectivity index (χ1v) is 10.6. The van der Waals surface area contributed by atoms with Crippen LogP contribution in [0.1, 0.15) is 21.6 Å². The van der Waals surface area contributed by atoms with Gasteiger partial charge in [-0.25, -0.2) is 9.38 Å². The molecule has 1 atom stereocenters. The summed E-state index contributed by atoms with van der Waals surface area (Å²) in [7, 11) is 1.59. The second-order valence-electron chi connectivity index (χ2n) is 7.61. The Morgan fingerprint density at radius 1 is 1.03 bits per heavy atom. The maximum atomic E-state index is 14.7. The number of nitrogens with zero attached hydrogens (tertiary/aromatic N) is 2. The Morgan fingerprint density at radius 3 is 2.45 bits per heavy atom. The predicted octanol–water partition coefficient (Wildman–Crippen LogP) is 4.53. The SMILES string of the molecule is CN1C(=O)C(NC(=O)c2[nH]c3ccccc3c2Cl)N=C(c2ccccc2F)c2ccccc21. The number of para-hydroxylation sites is 2. The van der Waals surface area contributed by atoms with Crippen LogP contribution in [0.3, 0.4) is 0 Å². The van der Waals surface area contributed by atoms with E-state index in [-0.39, 0.29) is 22.0 Å². The average molecular weight is 461 g/mol. The average Bonchev–Trinajstić information content (AvgIpc) is 3.13. The number of aromatic nitrogens is 1. The Labute approximate surface area is 193 Å². The number of carbonyl (C=O) groups excluding carboxylic acids is 2. The lowest BCUT2D eigenvalue weighted by molar-refractivity contribution is -0.119. The lowest BCUT2D eigenvalue weighted by Gasteiger charge is -2.20. The number of benzene rings is 3. The number of amides is 2. The van der Waals surface area contributed by atoms with Gasteiger partial charge in [-0.3, -0.25) is 9.59 Å². The van der Waals surface area contributed by atoms with E-state index in [1.807, 2.05) is 12.1 Å². The van der Waals surface area contributed by atoms with E-state index in [4.69, 9.17) is 11.6 Å². The van der Waals surface area contributed by atoms with E-state index < -0.39 is 23.8 Å². The molecule has 0 aliphatic carbocycles. The number of nitrogens with one attached hydrogen (secondary N) is 2. The van der Waals surface area contributed by atoms with Gasteiger partial charge in [0, 0.05) is 29.1 Å². The molecule has 1 unspecified atom stereocenters. The van der Waals surface area contributed by atoms with E-state index in [1.54, 1.807) is 61.6 Å². The third-order valence-corrected chi connectivity index (χ3v) is 6.00. The highest BCUT2D eigenvalue weighted by atomic mass is 35.5. The Kier molecular flexibility index (Phi) is 5.18. The summed E-state index contributed by atoms with van der Waals surface area (Å²) in [5, 5.41) is 3.60. The molecular formula is C25H18ClFN4O2. The highest BCUT2D eigenvalue weighted by Gasteiger charge is 2.32. The van der Waals surface area contributed by atoms with Crippen molar-refractivity contribution in [1.82, 2.24) is 10.3 Å². The highest BCUT2D eigenvalue weighted by Crippen LogP contribution is 2.29. The van der Waals surface area contributed by atoms with E-state index in [1.165, 1.54) is 11.0 Å². The quantitative estimate of drug-likeness (QED) is 0.471. The molecule has 2 heterocycles. The number of fused-ring (bicyclic) bond motifs is 2. The van der Waals surface area contributed by atoms with Crippen molar-refractivity contribution < 1.29 is 14.0 Å². The minimum Gasteiger partial charge on any atom is -0.349 e. The second-order valence-corrected chi connectivity index (χ2v) is 7.99. The largest absolute Gasteiger partial charge is 0.349 e. The minimum atomic E-state index is -1.29. The Balaban J connectivity index is 1.60. The van der Waals surface area contributed by atoms with Crippen LogP contribution >= 0.6 is 11.6 Å². The summed E-state index contributed by atoms with van der Waals surface area (Å²) in [4.78, 5) is 35.3. The first kappa shape index (κ1) is 20.9. The van der Waals surface area contributed by atoms with E-state index in [9.17, 15) is 14.0 Å². The van der Waals surface area contributed by atoms with Crippen molar-refractivity contribution in [3.05, 3.63) is 100 Å². The van der Waals surface area contributed by atoms with Crippen LogP contribution in [0.4, 0.5) is 10.1 Å². The molecule has 2 amide bonds. The van der Waals surface area contributed by atoms with Crippen LogP contribution in [0.25, 0.3) is 10.9 Å². The zero-order chi connectivity index (χ0) is 23.1. The smallest absolute Gasteiger partial charge is 0.272 e. The molecule has 3 aromatic carbocycles. The minimum absolute atomic E-state index is 0.123. The van der Waals surface area contributed by atoms with Gasteiger partial charge in [-0.05, 0) is 24.3 Å². The number of benzodiazepines with no additional fused rings is 1. The summed E-state index contributed by atoms with van der Waals surface area (Å²) in [6.07, 6.45) is -1.29. The van der Waals surface area contributed by atoms with Crippen molar-refractivity contribution in [2.24, 2.45) is 4.99 Å². The molecule has 0 bridgehead atoms. The summed E-state index contributed by atoms with van der Waals surface area (Å²) in [6.45, 7) is 0. The number of halogens is 2. The Morgan fingerprint density at radius 2 is 1.70 bits per heavy atom. The molecule has 1 aliphatic rings. The van der Waals surface area contributed by atoms with Crippen LogP contribution in [-0.4, -0.2) is 35.7 Å². The molecule has 5 rings (SSSR count). The number of hydrogen-bond acceptors (Lipinski definition) is 3.